The number of aryl methyl sites for hydroxylation is 2. The third-order valence-electron chi connectivity index (χ3n) is 4.37. The average molecular weight is 362 g/mol. The molecule has 140 valence electrons. The Kier molecular flexibility index (Phi) is 6.72. The zero-order valence-corrected chi connectivity index (χ0v) is 15.0. The number of nitrogens with one attached hydrogen (secondary N) is 1. The van der Waals surface area contributed by atoms with Crippen molar-refractivity contribution in [2.45, 2.75) is 27.7 Å². The molecule has 2 aromatic carbocycles. The molecule has 0 aliphatic heterocycles. The van der Waals surface area contributed by atoms with Gasteiger partial charge < -0.3 is 10.4 Å². The van der Waals surface area contributed by atoms with Crippen molar-refractivity contribution < 1.29 is 9.90 Å². The Morgan fingerprint density at radius 1 is 1.00 bits per heavy atom. The van der Waals surface area contributed by atoms with Crippen molar-refractivity contribution in [3.8, 4) is 16.9 Å². The second-order valence-electron chi connectivity index (χ2n) is 6.41. The van der Waals surface area contributed by atoms with E-state index in [0.29, 0.717) is 17.9 Å². The van der Waals surface area contributed by atoms with Crippen LogP contribution in [0.2, 0.25) is 0 Å². The molecule has 0 atom stereocenters. The van der Waals surface area contributed by atoms with E-state index in [1.165, 1.54) is 5.56 Å². The van der Waals surface area contributed by atoms with Crippen LogP contribution < -0.4 is 5.32 Å². The molecule has 0 spiro atoms. The smallest absolute Gasteiger partial charge is 0.252 e. The summed E-state index contributed by atoms with van der Waals surface area (Å²) >= 11 is 0. The molecule has 0 unspecified atom stereocenters. The first-order chi connectivity index (χ1) is 12.5. The molecule has 3 rings (SSSR count). The highest BCUT2D eigenvalue weighted by Crippen LogP contribution is 2.29. The van der Waals surface area contributed by atoms with E-state index in [2.05, 4.69) is 10.3 Å². The van der Waals surface area contributed by atoms with Crippen LogP contribution in [0, 0.1) is 13.8 Å². The van der Waals surface area contributed by atoms with Crippen LogP contribution in [0.1, 0.15) is 34.5 Å². The van der Waals surface area contributed by atoms with Gasteiger partial charge in [0.15, 0.2) is 0 Å². The molecule has 0 fully saturated rings. The van der Waals surface area contributed by atoms with Gasteiger partial charge in [-0.2, -0.15) is 0 Å². The summed E-state index contributed by atoms with van der Waals surface area (Å²) in [5, 5.41) is 12.9. The number of hydrogen-bond acceptors (Lipinski definition) is 3. The van der Waals surface area contributed by atoms with Gasteiger partial charge in [-0.1, -0.05) is 37.8 Å². The first kappa shape index (κ1) is 20.2. The highest BCUT2D eigenvalue weighted by Gasteiger charge is 2.10. The molecule has 1 heterocycles. The fraction of sp³-hybridized carbons (Fsp3) is 0.217. The maximum atomic E-state index is 12.4. The number of aromatic nitrogens is 1. The number of phenols is 1. The SMILES string of the molecule is C.Cc1cc(-c2cncc(C(=O)NCCc3ccccc3)c2)cc(C)c1O. The number of pyridine rings is 1. The van der Waals surface area contributed by atoms with Gasteiger partial charge in [0.05, 0.1) is 5.56 Å². The molecular formula is C23H26N2O2. The van der Waals surface area contributed by atoms with Gasteiger partial charge in [-0.15, -0.1) is 0 Å². The molecule has 4 nitrogen and oxygen atoms in total. The monoisotopic (exact) mass is 362 g/mol. The maximum absolute atomic E-state index is 12.4. The lowest BCUT2D eigenvalue weighted by atomic mass is 10.00. The van der Waals surface area contributed by atoms with E-state index in [0.717, 1.165) is 28.7 Å². The third kappa shape index (κ3) is 4.94. The minimum Gasteiger partial charge on any atom is -0.507 e. The van der Waals surface area contributed by atoms with E-state index in [9.17, 15) is 9.90 Å². The third-order valence-corrected chi connectivity index (χ3v) is 4.37. The molecule has 0 saturated heterocycles. The van der Waals surface area contributed by atoms with Crippen molar-refractivity contribution >= 4 is 5.91 Å². The zero-order chi connectivity index (χ0) is 18.5. The van der Waals surface area contributed by atoms with Crippen LogP contribution >= 0.6 is 0 Å². The van der Waals surface area contributed by atoms with Crippen LogP contribution in [0.25, 0.3) is 11.1 Å². The number of amides is 1. The summed E-state index contributed by atoms with van der Waals surface area (Å²) in [5.41, 5.74) is 5.11. The van der Waals surface area contributed by atoms with E-state index in [-0.39, 0.29) is 13.3 Å². The summed E-state index contributed by atoms with van der Waals surface area (Å²) in [6, 6.07) is 15.7. The summed E-state index contributed by atoms with van der Waals surface area (Å²) in [6.07, 6.45) is 4.09. The summed E-state index contributed by atoms with van der Waals surface area (Å²) in [6.45, 7) is 4.29. The molecular weight excluding hydrogens is 336 g/mol. The molecule has 0 bridgehead atoms. The van der Waals surface area contributed by atoms with Crippen molar-refractivity contribution in [2.75, 3.05) is 6.54 Å². The van der Waals surface area contributed by atoms with Crippen molar-refractivity contribution in [3.63, 3.8) is 0 Å². The lowest BCUT2D eigenvalue weighted by molar-refractivity contribution is 0.0954. The first-order valence-corrected chi connectivity index (χ1v) is 8.62. The van der Waals surface area contributed by atoms with E-state index in [4.69, 9.17) is 0 Å². The number of aromatic hydroxyl groups is 1. The van der Waals surface area contributed by atoms with Gasteiger partial charge in [0.25, 0.3) is 5.91 Å². The van der Waals surface area contributed by atoms with Crippen LogP contribution in [0.4, 0.5) is 0 Å². The number of rotatable bonds is 5. The molecule has 0 aliphatic rings. The second kappa shape index (κ2) is 8.99. The van der Waals surface area contributed by atoms with Crippen molar-refractivity contribution in [2.24, 2.45) is 0 Å². The summed E-state index contributed by atoms with van der Waals surface area (Å²) in [7, 11) is 0. The second-order valence-corrected chi connectivity index (χ2v) is 6.41. The maximum Gasteiger partial charge on any atom is 0.252 e. The molecule has 1 aromatic heterocycles. The van der Waals surface area contributed by atoms with Crippen LogP contribution in [-0.4, -0.2) is 22.5 Å². The number of carbonyl (C=O) groups is 1. The largest absolute Gasteiger partial charge is 0.507 e. The highest BCUT2D eigenvalue weighted by atomic mass is 16.3. The summed E-state index contributed by atoms with van der Waals surface area (Å²) < 4.78 is 0. The minimum absolute atomic E-state index is 0. The Bertz CT molecular complexity index is 898. The van der Waals surface area contributed by atoms with Gasteiger partial charge >= 0.3 is 0 Å². The molecule has 27 heavy (non-hydrogen) atoms. The highest BCUT2D eigenvalue weighted by molar-refractivity contribution is 5.95. The normalized spacial score (nSPS) is 10.1. The molecule has 3 aromatic rings. The molecule has 1 amide bonds. The first-order valence-electron chi connectivity index (χ1n) is 8.62. The Morgan fingerprint density at radius 3 is 2.33 bits per heavy atom. The van der Waals surface area contributed by atoms with Gasteiger partial charge in [-0.05, 0) is 60.7 Å². The quantitative estimate of drug-likeness (QED) is 0.693. The van der Waals surface area contributed by atoms with Gasteiger partial charge in [0, 0.05) is 24.5 Å². The fourth-order valence-corrected chi connectivity index (χ4v) is 2.91. The number of phenolic OH excluding ortho intramolecular Hbond substituents is 1. The van der Waals surface area contributed by atoms with Crippen LogP contribution in [-0.2, 0) is 6.42 Å². The Morgan fingerprint density at radius 2 is 1.67 bits per heavy atom. The predicted molar refractivity (Wildman–Crippen MR) is 110 cm³/mol. The summed E-state index contributed by atoms with van der Waals surface area (Å²) in [4.78, 5) is 16.6. The van der Waals surface area contributed by atoms with E-state index in [1.54, 1.807) is 12.4 Å². The average Bonchev–Trinajstić information content (AvgIpc) is 2.66. The molecule has 0 radical (unpaired) electrons. The van der Waals surface area contributed by atoms with Gasteiger partial charge in [0.1, 0.15) is 5.75 Å². The molecule has 0 aliphatic carbocycles. The van der Waals surface area contributed by atoms with E-state index < -0.39 is 0 Å². The number of carbonyl (C=O) groups excluding carboxylic acids is 1. The Balaban J connectivity index is 0.00000261. The molecule has 2 N–H and O–H groups in total. The number of nitrogens with zero attached hydrogens (tertiary/aromatic N) is 1. The lowest BCUT2D eigenvalue weighted by Gasteiger charge is -2.10. The van der Waals surface area contributed by atoms with Crippen LogP contribution in [0.3, 0.4) is 0 Å². The van der Waals surface area contributed by atoms with Crippen LogP contribution in [0.15, 0.2) is 60.9 Å². The van der Waals surface area contributed by atoms with Crippen molar-refractivity contribution in [1.29, 1.82) is 0 Å². The van der Waals surface area contributed by atoms with Gasteiger partial charge in [0.2, 0.25) is 0 Å². The minimum atomic E-state index is -0.137. The van der Waals surface area contributed by atoms with E-state index >= 15 is 0 Å². The number of hydrogen-bond donors (Lipinski definition) is 2. The molecule has 0 saturated carbocycles. The topological polar surface area (TPSA) is 62.2 Å². The van der Waals surface area contributed by atoms with Crippen molar-refractivity contribution in [1.82, 2.24) is 10.3 Å². The molecule has 4 heteroatoms. The number of benzene rings is 2. The van der Waals surface area contributed by atoms with Gasteiger partial charge in [-0.3, -0.25) is 9.78 Å². The Labute approximate surface area is 160 Å². The van der Waals surface area contributed by atoms with E-state index in [1.807, 2.05) is 62.4 Å². The lowest BCUT2D eigenvalue weighted by Crippen LogP contribution is -2.25. The standard InChI is InChI=1S/C22H22N2O2.CH4/c1-15-10-18(11-16(2)21(15)25)19-12-20(14-23-13-19)22(26)24-9-8-17-6-4-3-5-7-17;/h3-7,10-14,25H,8-9H2,1-2H3,(H,24,26);1H4. The van der Waals surface area contributed by atoms with Crippen molar-refractivity contribution in [3.05, 3.63) is 83.2 Å². The Hall–Kier alpha value is -3.14. The summed E-state index contributed by atoms with van der Waals surface area (Å²) in [5.74, 6) is 0.166. The van der Waals surface area contributed by atoms with Gasteiger partial charge in [-0.25, -0.2) is 0 Å². The van der Waals surface area contributed by atoms with Crippen LogP contribution in [0.5, 0.6) is 5.75 Å². The predicted octanol–water partition coefficient (Wildman–Crippen LogP) is 4.68. The fourth-order valence-electron chi connectivity index (χ4n) is 2.91. The zero-order valence-electron chi connectivity index (χ0n) is 15.0.